The summed E-state index contributed by atoms with van der Waals surface area (Å²) >= 11 is 0. The fourth-order valence-electron chi connectivity index (χ4n) is 13.8. The summed E-state index contributed by atoms with van der Waals surface area (Å²) in [5.41, 5.74) is 0.572. The van der Waals surface area contributed by atoms with Crippen LogP contribution in [0.2, 0.25) is 0 Å². The maximum Gasteiger partial charge on any atom is 0.306 e. The van der Waals surface area contributed by atoms with Crippen molar-refractivity contribution in [3.8, 4) is 0 Å². The summed E-state index contributed by atoms with van der Waals surface area (Å²) < 4.78 is 6.26. The van der Waals surface area contributed by atoms with Gasteiger partial charge in [-0.1, -0.05) is 60.6 Å². The van der Waals surface area contributed by atoms with E-state index in [1.54, 1.807) is 11.8 Å². The van der Waals surface area contributed by atoms with Crippen LogP contribution in [0, 0.1) is 62.1 Å². The summed E-state index contributed by atoms with van der Waals surface area (Å²) in [4.78, 5) is 52.6. The van der Waals surface area contributed by atoms with Crippen molar-refractivity contribution < 1.29 is 29.0 Å². The molecule has 0 aromatic rings. The predicted molar refractivity (Wildman–Crippen MR) is 197 cm³/mol. The molecule has 0 heterocycles. The average Bonchev–Trinajstić information content (AvgIpc) is 3.39. The van der Waals surface area contributed by atoms with Crippen molar-refractivity contribution in [3.63, 3.8) is 0 Å². The molecule has 5 saturated carbocycles. The lowest BCUT2D eigenvalue weighted by Gasteiger charge is -2.73. The molecular formula is C43H69NO6. The highest BCUT2D eigenvalue weighted by Crippen LogP contribution is 2.77. The van der Waals surface area contributed by atoms with Gasteiger partial charge >= 0.3 is 11.9 Å². The largest absolute Gasteiger partial charge is 0.481 e. The van der Waals surface area contributed by atoms with Gasteiger partial charge in [0, 0.05) is 37.8 Å². The zero-order valence-electron chi connectivity index (χ0n) is 33.2. The van der Waals surface area contributed by atoms with Gasteiger partial charge in [0.1, 0.15) is 11.9 Å². The molecule has 0 saturated heterocycles. The van der Waals surface area contributed by atoms with Crippen LogP contribution >= 0.6 is 0 Å². The van der Waals surface area contributed by atoms with Gasteiger partial charge in [0.05, 0.1) is 12.8 Å². The monoisotopic (exact) mass is 696 g/mol. The van der Waals surface area contributed by atoms with Crippen molar-refractivity contribution in [1.29, 1.82) is 0 Å². The minimum Gasteiger partial charge on any atom is -0.481 e. The van der Waals surface area contributed by atoms with Gasteiger partial charge in [-0.05, 0) is 129 Å². The Hall–Kier alpha value is -2.18. The minimum absolute atomic E-state index is 0.0495. The molecule has 7 nitrogen and oxygen atoms in total. The second-order valence-corrected chi connectivity index (χ2v) is 20.1. The standard InChI is InChI=1S/C43H69NO6/c1-27(2)29-16-21-43(33(46)13-12-24-44(11)28(3)45)23-22-41(9)30(37(29)43)14-15-32-40(8)19-18-34(39(6,7)31(40)17-20-42(32,41)10)50-36(49)26-38(4,5)25-35(47)48/h29-32,34,37H,1,12-26H2,2-11H3,(H,47,48)/t29-,30+,31-,32+,34-,37+,40-,41+,42+,43+/m0/s1. The number of allylic oxidation sites excluding steroid dienone is 1. The van der Waals surface area contributed by atoms with Crippen LogP contribution in [0.15, 0.2) is 12.2 Å². The van der Waals surface area contributed by atoms with E-state index < -0.39 is 11.4 Å². The van der Waals surface area contributed by atoms with Crippen LogP contribution in [0.5, 0.6) is 0 Å². The number of aliphatic carboxylic acids is 1. The second kappa shape index (κ2) is 13.3. The van der Waals surface area contributed by atoms with Crippen molar-refractivity contribution in [2.75, 3.05) is 13.6 Å². The van der Waals surface area contributed by atoms with Gasteiger partial charge in [0.2, 0.25) is 5.91 Å². The van der Waals surface area contributed by atoms with Gasteiger partial charge in [-0.25, -0.2) is 0 Å². The highest BCUT2D eigenvalue weighted by Gasteiger charge is 2.71. The molecule has 0 unspecified atom stereocenters. The number of rotatable bonds is 11. The number of ether oxygens (including phenoxy) is 1. The van der Waals surface area contributed by atoms with Gasteiger partial charge in [-0.2, -0.15) is 0 Å². The second-order valence-electron chi connectivity index (χ2n) is 20.1. The molecule has 0 spiro atoms. The molecule has 0 radical (unpaired) electrons. The third-order valence-electron chi connectivity index (χ3n) is 16.5. The molecule has 0 aliphatic heterocycles. The number of carboxylic acid groups (broad SMARTS) is 1. The van der Waals surface area contributed by atoms with Gasteiger partial charge in [0.15, 0.2) is 0 Å². The van der Waals surface area contributed by atoms with Crippen molar-refractivity contribution in [2.24, 2.45) is 62.1 Å². The molecule has 1 amide bonds. The van der Waals surface area contributed by atoms with E-state index in [1.807, 2.05) is 20.9 Å². The topological polar surface area (TPSA) is 101 Å². The lowest BCUT2D eigenvalue weighted by Crippen LogP contribution is -2.67. The van der Waals surface area contributed by atoms with Crippen molar-refractivity contribution in [1.82, 2.24) is 4.90 Å². The Balaban J connectivity index is 1.38. The lowest BCUT2D eigenvalue weighted by atomic mass is 9.32. The number of carboxylic acids is 1. The van der Waals surface area contributed by atoms with Crippen LogP contribution in [-0.4, -0.2) is 53.3 Å². The van der Waals surface area contributed by atoms with Crippen LogP contribution in [0.3, 0.4) is 0 Å². The molecule has 0 aromatic heterocycles. The number of carbonyl (C=O) groups excluding carboxylic acids is 3. The number of amides is 1. The highest BCUT2D eigenvalue weighted by atomic mass is 16.5. The molecular weight excluding hydrogens is 626 g/mol. The Morgan fingerprint density at radius 3 is 2.14 bits per heavy atom. The molecule has 1 N–H and O–H groups in total. The summed E-state index contributed by atoms with van der Waals surface area (Å²) in [5.74, 6) is 1.54. The molecule has 5 rings (SSSR count). The summed E-state index contributed by atoms with van der Waals surface area (Å²) in [6.45, 7) is 25.0. The van der Waals surface area contributed by atoms with Gasteiger partial charge in [-0.15, -0.1) is 0 Å². The molecule has 5 aliphatic carbocycles. The van der Waals surface area contributed by atoms with E-state index in [0.717, 1.165) is 64.2 Å². The van der Waals surface area contributed by atoms with Crippen LogP contribution in [-0.2, 0) is 23.9 Å². The number of hydrogen-bond acceptors (Lipinski definition) is 5. The minimum atomic E-state index is -0.891. The van der Waals surface area contributed by atoms with Crippen molar-refractivity contribution in [2.45, 2.75) is 158 Å². The first kappa shape index (κ1) is 39.0. The van der Waals surface area contributed by atoms with E-state index in [9.17, 15) is 24.3 Å². The summed E-state index contributed by atoms with van der Waals surface area (Å²) in [6, 6.07) is 0. The first-order chi connectivity index (χ1) is 23.1. The Morgan fingerprint density at radius 1 is 0.840 bits per heavy atom. The maximum absolute atomic E-state index is 14.4. The summed E-state index contributed by atoms with van der Waals surface area (Å²) in [6.07, 6.45) is 11.8. The van der Waals surface area contributed by atoms with Gasteiger partial charge < -0.3 is 14.7 Å². The number of ketones is 1. The van der Waals surface area contributed by atoms with E-state index in [2.05, 4.69) is 48.1 Å². The van der Waals surface area contributed by atoms with E-state index in [-0.39, 0.29) is 57.9 Å². The molecule has 10 atom stereocenters. The summed E-state index contributed by atoms with van der Waals surface area (Å²) in [5, 5.41) is 9.33. The molecule has 5 fully saturated rings. The molecule has 7 heteroatoms. The Labute approximate surface area is 303 Å². The van der Waals surface area contributed by atoms with Crippen molar-refractivity contribution >= 4 is 23.6 Å². The molecule has 282 valence electrons. The number of Topliss-reactive ketones (excluding diaryl/α,β-unsaturated/α-hetero) is 1. The normalized spacial score (nSPS) is 40.4. The zero-order valence-corrected chi connectivity index (χ0v) is 33.2. The van der Waals surface area contributed by atoms with Crippen LogP contribution in [0.4, 0.5) is 0 Å². The highest BCUT2D eigenvalue weighted by molar-refractivity contribution is 5.86. The first-order valence-electron chi connectivity index (χ1n) is 19.9. The number of nitrogens with zero attached hydrogens (tertiary/aromatic N) is 1. The van der Waals surface area contributed by atoms with E-state index in [0.29, 0.717) is 48.3 Å². The third kappa shape index (κ3) is 6.31. The molecule has 50 heavy (non-hydrogen) atoms. The SMILES string of the molecule is C=C(C)[C@@H]1CC[C@]2(C(=O)CCCN(C)C(C)=O)CC[C@]3(C)[C@H](CC[C@@H]4[C@@]5(C)CC[C@H](OC(=O)CC(C)(C)CC(=O)O)C(C)(C)[C@@H]5CC[C@]43C)[C@@H]12. The fourth-order valence-corrected chi connectivity index (χ4v) is 13.8. The average molecular weight is 696 g/mol. The quantitative estimate of drug-likeness (QED) is 0.171. The van der Waals surface area contributed by atoms with Crippen LogP contribution < -0.4 is 0 Å². The first-order valence-corrected chi connectivity index (χ1v) is 19.9. The molecule has 0 aromatic carbocycles. The molecule has 0 bridgehead atoms. The zero-order chi connectivity index (χ0) is 37.2. The van der Waals surface area contributed by atoms with Gasteiger partial charge in [0.25, 0.3) is 0 Å². The Kier molecular flexibility index (Phi) is 10.4. The maximum atomic E-state index is 14.4. The number of fused-ring (bicyclic) bond motifs is 7. The molecule has 5 aliphatic rings. The van der Waals surface area contributed by atoms with Crippen LogP contribution in [0.25, 0.3) is 0 Å². The van der Waals surface area contributed by atoms with E-state index in [4.69, 9.17) is 4.74 Å². The van der Waals surface area contributed by atoms with Crippen molar-refractivity contribution in [3.05, 3.63) is 12.2 Å². The number of hydrogen-bond donors (Lipinski definition) is 1. The smallest absolute Gasteiger partial charge is 0.306 e. The predicted octanol–water partition coefficient (Wildman–Crippen LogP) is 9.27. The Bertz CT molecular complexity index is 1380. The van der Waals surface area contributed by atoms with Gasteiger partial charge in [-0.3, -0.25) is 19.2 Å². The van der Waals surface area contributed by atoms with E-state index in [1.165, 1.54) is 12.0 Å². The third-order valence-corrected chi connectivity index (χ3v) is 16.5. The van der Waals surface area contributed by atoms with E-state index >= 15 is 0 Å². The Morgan fingerprint density at radius 2 is 1.52 bits per heavy atom. The number of carbonyl (C=O) groups is 4. The lowest BCUT2D eigenvalue weighted by molar-refractivity contribution is -0.249. The fraction of sp³-hybridized carbons (Fsp3) is 0.860. The van der Waals surface area contributed by atoms with Crippen LogP contribution in [0.1, 0.15) is 152 Å². The summed E-state index contributed by atoms with van der Waals surface area (Å²) in [7, 11) is 1.83. The number of esters is 1.